The summed E-state index contributed by atoms with van der Waals surface area (Å²) in [5, 5.41) is 10.4. The molecule has 2 aromatic carbocycles. The number of anilines is 3. The lowest BCUT2D eigenvalue weighted by atomic mass is 10.1. The quantitative estimate of drug-likeness (QED) is 0.369. The number of para-hydroxylation sites is 1. The Morgan fingerprint density at radius 1 is 0.909 bits per heavy atom. The number of rotatable bonds is 7. The fourth-order valence-corrected chi connectivity index (χ4v) is 3.81. The molecule has 0 spiro atoms. The zero-order valence-electron chi connectivity index (χ0n) is 17.6. The Morgan fingerprint density at radius 3 is 2.48 bits per heavy atom. The molecule has 0 aliphatic heterocycles. The fourth-order valence-electron chi connectivity index (χ4n) is 3.11. The van der Waals surface area contributed by atoms with Gasteiger partial charge in [-0.15, -0.1) is 11.3 Å². The molecule has 0 aliphatic carbocycles. The second kappa shape index (κ2) is 9.92. The zero-order valence-corrected chi connectivity index (χ0v) is 18.4. The molecule has 0 fully saturated rings. The molecule has 4 aromatic rings. The molecule has 0 saturated carbocycles. The average molecular weight is 461 g/mol. The van der Waals surface area contributed by atoms with Gasteiger partial charge in [0.15, 0.2) is 10.9 Å². The molecule has 166 valence electrons. The normalized spacial score (nSPS) is 10.5. The summed E-state index contributed by atoms with van der Waals surface area (Å²) in [7, 11) is 0. The van der Waals surface area contributed by atoms with Gasteiger partial charge in [0.05, 0.1) is 18.4 Å². The van der Waals surface area contributed by atoms with Gasteiger partial charge in [-0.25, -0.2) is 4.98 Å². The first-order chi connectivity index (χ1) is 16.0. The van der Waals surface area contributed by atoms with Crippen LogP contribution in [-0.2, 0) is 11.2 Å². The lowest BCUT2D eigenvalue weighted by Crippen LogP contribution is -2.18. The summed E-state index contributed by atoms with van der Waals surface area (Å²) in [4.78, 5) is 41.6. The lowest BCUT2D eigenvalue weighted by molar-refractivity contribution is -0.115. The third kappa shape index (κ3) is 5.52. The summed E-state index contributed by atoms with van der Waals surface area (Å²) in [5.41, 5.74) is 2.87. The van der Waals surface area contributed by atoms with E-state index in [4.69, 9.17) is 4.42 Å². The molecule has 0 atom stereocenters. The molecule has 3 N–H and O–H groups in total. The van der Waals surface area contributed by atoms with Crippen molar-refractivity contribution < 1.29 is 18.8 Å². The Kier molecular flexibility index (Phi) is 6.61. The van der Waals surface area contributed by atoms with Crippen LogP contribution in [0.4, 0.5) is 16.5 Å². The Morgan fingerprint density at radius 2 is 1.73 bits per heavy atom. The Hall–Kier alpha value is -4.24. The van der Waals surface area contributed by atoms with Gasteiger partial charge >= 0.3 is 0 Å². The molecule has 33 heavy (non-hydrogen) atoms. The van der Waals surface area contributed by atoms with Gasteiger partial charge in [-0.1, -0.05) is 24.3 Å². The summed E-state index contributed by atoms with van der Waals surface area (Å²) in [6.07, 6.45) is 1.43. The highest BCUT2D eigenvalue weighted by atomic mass is 32.1. The van der Waals surface area contributed by atoms with Crippen molar-refractivity contribution in [2.75, 3.05) is 16.0 Å². The maximum absolute atomic E-state index is 12.7. The molecular weight excluding hydrogens is 440 g/mol. The topological polar surface area (TPSA) is 113 Å². The predicted octanol–water partition coefficient (Wildman–Crippen LogP) is 4.73. The van der Waals surface area contributed by atoms with Crippen LogP contribution in [0.1, 0.15) is 32.2 Å². The summed E-state index contributed by atoms with van der Waals surface area (Å²) in [5.74, 6) is -0.776. The number of hydrogen-bond acceptors (Lipinski definition) is 6. The third-order valence-corrected chi connectivity index (χ3v) is 5.55. The third-order valence-electron chi connectivity index (χ3n) is 4.74. The van der Waals surface area contributed by atoms with E-state index in [0.717, 1.165) is 0 Å². The molecule has 2 aromatic heterocycles. The van der Waals surface area contributed by atoms with Gasteiger partial charge in [0.1, 0.15) is 0 Å². The van der Waals surface area contributed by atoms with E-state index >= 15 is 0 Å². The molecule has 0 saturated heterocycles. The minimum atomic E-state index is -0.411. The number of amides is 3. The summed E-state index contributed by atoms with van der Waals surface area (Å²) < 4.78 is 5.05. The average Bonchev–Trinajstić information content (AvgIpc) is 3.48. The van der Waals surface area contributed by atoms with E-state index in [9.17, 15) is 14.4 Å². The largest absolute Gasteiger partial charge is 0.459 e. The number of aromatic nitrogens is 1. The molecule has 0 bridgehead atoms. The van der Waals surface area contributed by atoms with E-state index in [0.29, 0.717) is 33.3 Å². The molecule has 9 heteroatoms. The number of hydrogen-bond donors (Lipinski definition) is 3. The number of benzene rings is 2. The molecule has 0 aliphatic rings. The van der Waals surface area contributed by atoms with Crippen molar-refractivity contribution in [2.45, 2.75) is 13.3 Å². The van der Waals surface area contributed by atoms with Crippen LogP contribution in [0.3, 0.4) is 0 Å². The van der Waals surface area contributed by atoms with Gasteiger partial charge in [-0.2, -0.15) is 0 Å². The number of carbonyl (C=O) groups is 3. The van der Waals surface area contributed by atoms with Crippen molar-refractivity contribution in [3.05, 3.63) is 94.9 Å². The second-order valence-electron chi connectivity index (χ2n) is 7.10. The number of furan rings is 1. The summed E-state index contributed by atoms with van der Waals surface area (Å²) in [6, 6.07) is 17.5. The van der Waals surface area contributed by atoms with E-state index in [1.165, 1.54) is 17.6 Å². The smallest absolute Gasteiger partial charge is 0.293 e. The number of nitrogens with one attached hydrogen (secondary N) is 3. The summed E-state index contributed by atoms with van der Waals surface area (Å²) >= 11 is 1.22. The Balaban J connectivity index is 1.38. The van der Waals surface area contributed by atoms with Crippen LogP contribution >= 0.6 is 11.3 Å². The first kappa shape index (κ1) is 22.0. The van der Waals surface area contributed by atoms with Crippen molar-refractivity contribution >= 4 is 45.6 Å². The van der Waals surface area contributed by atoms with E-state index in [-0.39, 0.29) is 24.0 Å². The van der Waals surface area contributed by atoms with E-state index < -0.39 is 5.91 Å². The van der Waals surface area contributed by atoms with E-state index in [1.807, 2.05) is 18.2 Å². The van der Waals surface area contributed by atoms with Gasteiger partial charge < -0.3 is 15.1 Å². The highest BCUT2D eigenvalue weighted by Gasteiger charge is 2.16. The molecule has 8 nitrogen and oxygen atoms in total. The first-order valence-corrected chi connectivity index (χ1v) is 10.9. The van der Waals surface area contributed by atoms with Gasteiger partial charge in [0.2, 0.25) is 5.91 Å². The van der Waals surface area contributed by atoms with Crippen LogP contribution < -0.4 is 16.0 Å². The molecule has 3 amide bonds. The molecule has 2 heterocycles. The monoisotopic (exact) mass is 460 g/mol. The Labute approximate surface area is 193 Å². The molecule has 0 unspecified atom stereocenters. The standard InChI is InChI=1S/C24H20N4O4S/c1-15-18(22(30)25-16-7-3-2-4-8-16)9-5-10-19(15)27-21(29)13-17-14-33-24(26-17)28-23(31)20-11-6-12-32-20/h2-12,14H,13H2,1H3,(H,25,30)(H,27,29)(H,26,28,31). The van der Waals surface area contributed by atoms with E-state index in [1.54, 1.807) is 54.8 Å². The van der Waals surface area contributed by atoms with Crippen LogP contribution in [0.5, 0.6) is 0 Å². The van der Waals surface area contributed by atoms with Crippen LogP contribution in [0.2, 0.25) is 0 Å². The molecule has 0 radical (unpaired) electrons. The fraction of sp³-hybridized carbons (Fsp3) is 0.0833. The van der Waals surface area contributed by atoms with Crippen molar-refractivity contribution in [1.82, 2.24) is 4.98 Å². The SMILES string of the molecule is Cc1c(NC(=O)Cc2csc(NC(=O)c3ccco3)n2)cccc1C(=O)Nc1ccccc1. The van der Waals surface area contributed by atoms with Crippen molar-refractivity contribution in [1.29, 1.82) is 0 Å². The summed E-state index contributed by atoms with van der Waals surface area (Å²) in [6.45, 7) is 1.78. The lowest BCUT2D eigenvalue weighted by Gasteiger charge is -2.12. The van der Waals surface area contributed by atoms with Crippen molar-refractivity contribution in [3.63, 3.8) is 0 Å². The number of thiazole rings is 1. The highest BCUT2D eigenvalue weighted by molar-refractivity contribution is 7.14. The molecule has 4 rings (SSSR count). The van der Waals surface area contributed by atoms with Crippen LogP contribution in [0.25, 0.3) is 0 Å². The first-order valence-electron chi connectivity index (χ1n) is 10.0. The van der Waals surface area contributed by atoms with Crippen LogP contribution in [0, 0.1) is 6.92 Å². The van der Waals surface area contributed by atoms with Gasteiger partial charge in [0.25, 0.3) is 11.8 Å². The van der Waals surface area contributed by atoms with Gasteiger partial charge in [-0.05, 0) is 48.9 Å². The van der Waals surface area contributed by atoms with Crippen molar-refractivity contribution in [3.8, 4) is 0 Å². The Bertz CT molecular complexity index is 1280. The van der Waals surface area contributed by atoms with Crippen LogP contribution in [0.15, 0.2) is 76.7 Å². The highest BCUT2D eigenvalue weighted by Crippen LogP contribution is 2.22. The van der Waals surface area contributed by atoms with Gasteiger partial charge in [0, 0.05) is 22.3 Å². The number of carbonyl (C=O) groups excluding carboxylic acids is 3. The predicted molar refractivity (Wildman–Crippen MR) is 127 cm³/mol. The molecular formula is C24H20N4O4S. The zero-order chi connectivity index (χ0) is 23.2. The minimum absolute atomic E-state index is 0.0208. The maximum Gasteiger partial charge on any atom is 0.293 e. The van der Waals surface area contributed by atoms with Crippen molar-refractivity contribution in [2.24, 2.45) is 0 Å². The van der Waals surface area contributed by atoms with Gasteiger partial charge in [-0.3, -0.25) is 19.7 Å². The second-order valence-corrected chi connectivity index (χ2v) is 7.96. The van der Waals surface area contributed by atoms with E-state index in [2.05, 4.69) is 20.9 Å². The number of nitrogens with zero attached hydrogens (tertiary/aromatic N) is 1. The minimum Gasteiger partial charge on any atom is -0.459 e. The maximum atomic E-state index is 12.7. The van der Waals surface area contributed by atoms with Crippen LogP contribution in [-0.4, -0.2) is 22.7 Å².